The van der Waals surface area contributed by atoms with E-state index in [4.69, 9.17) is 10.5 Å². The molecule has 2 rings (SSSR count). The van der Waals surface area contributed by atoms with Crippen molar-refractivity contribution < 1.29 is 4.74 Å². The van der Waals surface area contributed by atoms with Crippen molar-refractivity contribution in [2.24, 2.45) is 5.73 Å². The van der Waals surface area contributed by atoms with Gasteiger partial charge in [0, 0.05) is 15.4 Å². The van der Waals surface area contributed by atoms with Crippen LogP contribution in [0, 0.1) is 0 Å². The molecule has 2 N–H and O–H groups in total. The number of hydrogen-bond donors (Lipinski definition) is 1. The van der Waals surface area contributed by atoms with Gasteiger partial charge in [-0.15, -0.1) is 11.3 Å². The molecule has 0 bridgehead atoms. The van der Waals surface area contributed by atoms with Crippen LogP contribution in [-0.2, 0) is 0 Å². The van der Waals surface area contributed by atoms with Crippen molar-refractivity contribution in [3.63, 3.8) is 0 Å². The van der Waals surface area contributed by atoms with Crippen molar-refractivity contribution in [3.05, 3.63) is 44.3 Å². The zero-order chi connectivity index (χ0) is 14.0. The number of ether oxygens (including phenoxy) is 1. The summed E-state index contributed by atoms with van der Waals surface area (Å²) in [4.78, 5) is 4.61. The van der Waals surface area contributed by atoms with Gasteiger partial charge in [0.05, 0.1) is 18.8 Å². The van der Waals surface area contributed by atoms with Crippen molar-refractivity contribution in [1.29, 1.82) is 0 Å². The molecule has 1 aromatic heterocycles. The van der Waals surface area contributed by atoms with Crippen LogP contribution in [0.5, 0.6) is 5.75 Å². The van der Waals surface area contributed by atoms with Crippen molar-refractivity contribution in [1.82, 2.24) is 4.98 Å². The number of nitrogens with two attached hydrogens (primary N) is 1. The van der Waals surface area contributed by atoms with Gasteiger partial charge in [-0.2, -0.15) is 0 Å². The molecule has 0 saturated heterocycles. The smallest absolute Gasteiger partial charge is 0.124 e. The Morgan fingerprint density at radius 2 is 2.11 bits per heavy atom. The normalized spacial score (nSPS) is 12.7. The molecule has 0 radical (unpaired) electrons. The summed E-state index contributed by atoms with van der Waals surface area (Å²) in [6.07, 6.45) is 0. The first kappa shape index (κ1) is 14.5. The molecule has 1 aromatic carbocycles. The van der Waals surface area contributed by atoms with E-state index in [-0.39, 0.29) is 6.04 Å². The van der Waals surface area contributed by atoms with Gasteiger partial charge in [-0.25, -0.2) is 4.98 Å². The van der Waals surface area contributed by atoms with E-state index in [1.54, 1.807) is 18.4 Å². The topological polar surface area (TPSA) is 48.1 Å². The Morgan fingerprint density at radius 1 is 1.37 bits per heavy atom. The van der Waals surface area contributed by atoms with Crippen molar-refractivity contribution in [3.8, 4) is 5.75 Å². The van der Waals surface area contributed by atoms with E-state index >= 15 is 0 Å². The van der Waals surface area contributed by atoms with Gasteiger partial charge in [0.1, 0.15) is 10.8 Å². The second-order valence-electron chi connectivity index (χ2n) is 4.63. The van der Waals surface area contributed by atoms with Crippen molar-refractivity contribution >= 4 is 27.3 Å². The molecule has 2 aromatic rings. The Morgan fingerprint density at radius 3 is 2.68 bits per heavy atom. The second-order valence-corrected chi connectivity index (χ2v) is 6.43. The molecule has 0 saturated carbocycles. The summed E-state index contributed by atoms with van der Waals surface area (Å²) in [6, 6.07) is 5.58. The van der Waals surface area contributed by atoms with E-state index in [0.717, 1.165) is 26.5 Å². The van der Waals surface area contributed by atoms with E-state index < -0.39 is 0 Å². The van der Waals surface area contributed by atoms with E-state index in [2.05, 4.69) is 40.1 Å². The summed E-state index contributed by atoms with van der Waals surface area (Å²) >= 11 is 5.07. The number of benzene rings is 1. The molecule has 0 aliphatic rings. The van der Waals surface area contributed by atoms with Crippen LogP contribution in [0.4, 0.5) is 0 Å². The first-order chi connectivity index (χ1) is 9.02. The zero-order valence-corrected chi connectivity index (χ0v) is 13.6. The largest absolute Gasteiger partial charge is 0.496 e. The van der Waals surface area contributed by atoms with E-state index in [0.29, 0.717) is 5.92 Å². The predicted molar refractivity (Wildman–Crippen MR) is 82.9 cm³/mol. The maximum absolute atomic E-state index is 6.32. The summed E-state index contributed by atoms with van der Waals surface area (Å²) in [5.74, 6) is 1.21. The first-order valence-corrected chi connectivity index (χ1v) is 7.74. The van der Waals surface area contributed by atoms with Crippen LogP contribution in [0.15, 0.2) is 28.1 Å². The average Bonchev–Trinajstić information content (AvgIpc) is 2.87. The molecule has 5 heteroatoms. The quantitative estimate of drug-likeness (QED) is 0.911. The van der Waals surface area contributed by atoms with Gasteiger partial charge in [-0.3, -0.25) is 0 Å². The molecule has 1 atom stereocenters. The van der Waals surface area contributed by atoms with Crippen LogP contribution < -0.4 is 10.5 Å². The third-order valence-electron chi connectivity index (χ3n) is 2.92. The Bertz CT molecular complexity index is 568. The van der Waals surface area contributed by atoms with Gasteiger partial charge in [0.15, 0.2) is 0 Å². The summed E-state index contributed by atoms with van der Waals surface area (Å²) in [5.41, 5.74) is 8.36. The van der Waals surface area contributed by atoms with Gasteiger partial charge in [-0.1, -0.05) is 29.8 Å². The van der Waals surface area contributed by atoms with Crippen molar-refractivity contribution in [2.75, 3.05) is 7.11 Å². The monoisotopic (exact) mass is 340 g/mol. The number of rotatable bonds is 4. The second kappa shape index (κ2) is 6.03. The van der Waals surface area contributed by atoms with Gasteiger partial charge in [0.2, 0.25) is 0 Å². The summed E-state index contributed by atoms with van der Waals surface area (Å²) in [5, 5.41) is 2.99. The van der Waals surface area contributed by atoms with Crippen LogP contribution in [0.2, 0.25) is 0 Å². The van der Waals surface area contributed by atoms with E-state index in [1.165, 1.54) is 0 Å². The molecule has 0 aliphatic carbocycles. The fourth-order valence-electron chi connectivity index (χ4n) is 1.79. The van der Waals surface area contributed by atoms with Crippen LogP contribution in [-0.4, -0.2) is 12.1 Å². The number of methoxy groups -OCH3 is 1. The summed E-state index contributed by atoms with van der Waals surface area (Å²) < 4.78 is 6.36. The molecule has 0 spiro atoms. The molecule has 1 heterocycles. The molecule has 1 unspecified atom stereocenters. The highest BCUT2D eigenvalue weighted by Crippen LogP contribution is 2.33. The zero-order valence-electron chi connectivity index (χ0n) is 11.2. The van der Waals surface area contributed by atoms with Crippen LogP contribution in [0.1, 0.15) is 42.1 Å². The summed E-state index contributed by atoms with van der Waals surface area (Å²) in [6.45, 7) is 4.26. The number of halogens is 1. The number of hydrogen-bond acceptors (Lipinski definition) is 4. The minimum atomic E-state index is -0.259. The standard InChI is InChI=1S/C14H17BrN2OS/c1-8(2)11-7-19-14(17-11)13(16)10-6-9(15)4-5-12(10)18-3/h4-8,13H,16H2,1-3H3. The van der Waals surface area contributed by atoms with Crippen LogP contribution in [0.3, 0.4) is 0 Å². The number of nitrogens with zero attached hydrogens (tertiary/aromatic N) is 1. The third kappa shape index (κ3) is 3.16. The van der Waals surface area contributed by atoms with Crippen molar-refractivity contribution in [2.45, 2.75) is 25.8 Å². The molecule has 19 heavy (non-hydrogen) atoms. The molecule has 3 nitrogen and oxygen atoms in total. The highest BCUT2D eigenvalue weighted by atomic mass is 79.9. The van der Waals surface area contributed by atoms with Crippen LogP contribution >= 0.6 is 27.3 Å². The van der Waals surface area contributed by atoms with E-state index in [9.17, 15) is 0 Å². The maximum Gasteiger partial charge on any atom is 0.124 e. The lowest BCUT2D eigenvalue weighted by Crippen LogP contribution is -2.13. The molecule has 102 valence electrons. The highest BCUT2D eigenvalue weighted by Gasteiger charge is 2.18. The Kier molecular flexibility index (Phi) is 4.60. The molecule has 0 amide bonds. The first-order valence-electron chi connectivity index (χ1n) is 6.07. The Balaban J connectivity index is 2.37. The molecular weight excluding hydrogens is 324 g/mol. The predicted octanol–water partition coefficient (Wildman–Crippen LogP) is 4.09. The fraction of sp³-hybridized carbons (Fsp3) is 0.357. The lowest BCUT2D eigenvalue weighted by molar-refractivity contribution is 0.407. The average molecular weight is 341 g/mol. The molecule has 0 fully saturated rings. The lowest BCUT2D eigenvalue weighted by Gasteiger charge is -2.14. The summed E-state index contributed by atoms with van der Waals surface area (Å²) in [7, 11) is 1.65. The third-order valence-corrected chi connectivity index (χ3v) is 4.36. The minimum absolute atomic E-state index is 0.259. The number of aromatic nitrogens is 1. The highest BCUT2D eigenvalue weighted by molar-refractivity contribution is 9.10. The van der Waals surface area contributed by atoms with Gasteiger partial charge < -0.3 is 10.5 Å². The SMILES string of the molecule is COc1ccc(Br)cc1C(N)c1nc(C(C)C)cs1. The van der Waals surface area contributed by atoms with Gasteiger partial charge >= 0.3 is 0 Å². The maximum atomic E-state index is 6.32. The Labute approximate surface area is 125 Å². The lowest BCUT2D eigenvalue weighted by atomic mass is 10.1. The van der Waals surface area contributed by atoms with E-state index in [1.807, 2.05) is 18.2 Å². The minimum Gasteiger partial charge on any atom is -0.496 e. The number of thiazole rings is 1. The van der Waals surface area contributed by atoms with Crippen LogP contribution in [0.25, 0.3) is 0 Å². The van der Waals surface area contributed by atoms with Gasteiger partial charge in [-0.05, 0) is 24.1 Å². The fourth-order valence-corrected chi connectivity index (χ4v) is 3.17. The Hall–Kier alpha value is -0.910. The molecule has 0 aliphatic heterocycles. The van der Waals surface area contributed by atoms with Gasteiger partial charge in [0.25, 0.3) is 0 Å². The molecular formula is C14H17BrN2OS.